The van der Waals surface area contributed by atoms with Gasteiger partial charge in [-0.05, 0) is 24.0 Å². The Labute approximate surface area is 103 Å². The van der Waals surface area contributed by atoms with Gasteiger partial charge in [0.15, 0.2) is 6.61 Å². The molecule has 94 valence electrons. The predicted molar refractivity (Wildman–Crippen MR) is 67.4 cm³/mol. The maximum Gasteiger partial charge on any atom is 0.343 e. The Kier molecular flexibility index (Phi) is 4.16. The standard InChI is InChI=1S/C14H20O3/c1-10-6-7-12(17-9-13(15)16-5)11(8-10)14(2,3)4/h6-8H,9H2,1-5H3. The summed E-state index contributed by atoms with van der Waals surface area (Å²) < 4.78 is 10.1. The van der Waals surface area contributed by atoms with E-state index in [0.29, 0.717) is 0 Å². The molecule has 0 fully saturated rings. The van der Waals surface area contributed by atoms with Crippen LogP contribution < -0.4 is 4.74 Å². The van der Waals surface area contributed by atoms with E-state index in [1.165, 1.54) is 12.7 Å². The molecule has 1 aromatic rings. The molecule has 0 amide bonds. The lowest BCUT2D eigenvalue weighted by molar-refractivity contribution is -0.142. The van der Waals surface area contributed by atoms with Crippen molar-refractivity contribution in [3.05, 3.63) is 29.3 Å². The van der Waals surface area contributed by atoms with E-state index in [4.69, 9.17) is 4.74 Å². The first-order chi connectivity index (χ1) is 7.84. The van der Waals surface area contributed by atoms with E-state index in [1.54, 1.807) is 0 Å². The van der Waals surface area contributed by atoms with E-state index in [2.05, 4.69) is 31.6 Å². The minimum atomic E-state index is -0.370. The third-order valence-electron chi connectivity index (χ3n) is 2.52. The molecule has 0 heterocycles. The van der Waals surface area contributed by atoms with Crippen molar-refractivity contribution in [1.29, 1.82) is 0 Å². The second-order valence-electron chi connectivity index (χ2n) is 5.11. The molecule has 0 radical (unpaired) electrons. The summed E-state index contributed by atoms with van der Waals surface area (Å²) in [5.74, 6) is 0.374. The molecule has 0 saturated heterocycles. The van der Waals surface area contributed by atoms with Crippen LogP contribution in [0.3, 0.4) is 0 Å². The van der Waals surface area contributed by atoms with Gasteiger partial charge in [0.25, 0.3) is 0 Å². The average molecular weight is 236 g/mol. The van der Waals surface area contributed by atoms with E-state index in [9.17, 15) is 4.79 Å². The summed E-state index contributed by atoms with van der Waals surface area (Å²) in [5.41, 5.74) is 2.26. The van der Waals surface area contributed by atoms with Crippen LogP contribution in [0.1, 0.15) is 31.9 Å². The van der Waals surface area contributed by atoms with E-state index in [0.717, 1.165) is 11.3 Å². The summed E-state index contributed by atoms with van der Waals surface area (Å²) in [6, 6.07) is 5.97. The monoisotopic (exact) mass is 236 g/mol. The number of carbonyl (C=O) groups is 1. The van der Waals surface area contributed by atoms with Crippen LogP contribution in [-0.2, 0) is 14.9 Å². The van der Waals surface area contributed by atoms with Crippen LogP contribution in [0.15, 0.2) is 18.2 Å². The molecule has 17 heavy (non-hydrogen) atoms. The van der Waals surface area contributed by atoms with Gasteiger partial charge in [0.05, 0.1) is 7.11 Å². The maximum atomic E-state index is 11.1. The van der Waals surface area contributed by atoms with Crippen molar-refractivity contribution in [3.63, 3.8) is 0 Å². The normalized spacial score (nSPS) is 11.1. The fourth-order valence-corrected chi connectivity index (χ4v) is 1.55. The third-order valence-corrected chi connectivity index (χ3v) is 2.52. The van der Waals surface area contributed by atoms with Crippen molar-refractivity contribution in [2.45, 2.75) is 33.1 Å². The minimum absolute atomic E-state index is 0.0164. The number of benzene rings is 1. The van der Waals surface area contributed by atoms with Gasteiger partial charge in [-0.25, -0.2) is 4.79 Å². The Bertz CT molecular complexity index is 402. The Hall–Kier alpha value is -1.51. The highest BCUT2D eigenvalue weighted by atomic mass is 16.6. The lowest BCUT2D eigenvalue weighted by Crippen LogP contribution is -2.17. The summed E-state index contributed by atoms with van der Waals surface area (Å²) >= 11 is 0. The van der Waals surface area contributed by atoms with Gasteiger partial charge in [-0.1, -0.05) is 38.5 Å². The predicted octanol–water partition coefficient (Wildman–Crippen LogP) is 2.84. The second-order valence-corrected chi connectivity index (χ2v) is 5.11. The molecule has 0 spiro atoms. The van der Waals surface area contributed by atoms with Crippen molar-refractivity contribution in [1.82, 2.24) is 0 Å². The van der Waals surface area contributed by atoms with Gasteiger partial charge in [0.1, 0.15) is 5.75 Å². The summed E-state index contributed by atoms with van der Waals surface area (Å²) in [7, 11) is 1.35. The molecular weight excluding hydrogens is 216 g/mol. The largest absolute Gasteiger partial charge is 0.482 e. The molecule has 0 aliphatic heterocycles. The second kappa shape index (κ2) is 5.21. The lowest BCUT2D eigenvalue weighted by Gasteiger charge is -2.23. The van der Waals surface area contributed by atoms with Gasteiger partial charge in [0.2, 0.25) is 0 Å². The van der Waals surface area contributed by atoms with Crippen molar-refractivity contribution in [3.8, 4) is 5.75 Å². The number of hydrogen-bond donors (Lipinski definition) is 0. The van der Waals surface area contributed by atoms with Crippen LogP contribution in [0, 0.1) is 6.92 Å². The minimum Gasteiger partial charge on any atom is -0.482 e. The SMILES string of the molecule is COC(=O)COc1ccc(C)cc1C(C)(C)C. The summed E-state index contributed by atoms with van der Waals surface area (Å²) in [6.45, 7) is 8.34. The number of methoxy groups -OCH3 is 1. The molecule has 0 atom stereocenters. The van der Waals surface area contributed by atoms with E-state index < -0.39 is 0 Å². The van der Waals surface area contributed by atoms with Gasteiger partial charge in [-0.3, -0.25) is 0 Å². The number of rotatable bonds is 3. The Morgan fingerprint density at radius 2 is 1.94 bits per heavy atom. The van der Waals surface area contributed by atoms with Gasteiger partial charge >= 0.3 is 5.97 Å². The molecule has 0 bridgehead atoms. The highest BCUT2D eigenvalue weighted by Gasteiger charge is 2.19. The Balaban J connectivity index is 2.95. The van der Waals surface area contributed by atoms with E-state index >= 15 is 0 Å². The van der Waals surface area contributed by atoms with Crippen molar-refractivity contribution in [2.24, 2.45) is 0 Å². The maximum absolute atomic E-state index is 11.1. The van der Waals surface area contributed by atoms with Crippen molar-refractivity contribution in [2.75, 3.05) is 13.7 Å². The van der Waals surface area contributed by atoms with Crippen LogP contribution >= 0.6 is 0 Å². The molecule has 1 aromatic carbocycles. The molecule has 0 aromatic heterocycles. The molecule has 3 nitrogen and oxygen atoms in total. The van der Waals surface area contributed by atoms with Gasteiger partial charge in [-0.15, -0.1) is 0 Å². The van der Waals surface area contributed by atoms with Gasteiger partial charge < -0.3 is 9.47 Å². The zero-order valence-electron chi connectivity index (χ0n) is 11.2. The zero-order chi connectivity index (χ0) is 13.1. The van der Waals surface area contributed by atoms with Crippen LogP contribution in [0.4, 0.5) is 0 Å². The quantitative estimate of drug-likeness (QED) is 0.757. The fraction of sp³-hybridized carbons (Fsp3) is 0.500. The molecule has 3 heteroatoms. The molecule has 0 aliphatic carbocycles. The highest BCUT2D eigenvalue weighted by molar-refractivity contribution is 5.71. The van der Waals surface area contributed by atoms with Gasteiger partial charge in [-0.2, -0.15) is 0 Å². The number of hydrogen-bond acceptors (Lipinski definition) is 3. The first-order valence-electron chi connectivity index (χ1n) is 5.65. The summed E-state index contributed by atoms with van der Waals surface area (Å²) in [6.07, 6.45) is 0. The molecule has 0 N–H and O–H groups in total. The molecule has 0 saturated carbocycles. The van der Waals surface area contributed by atoms with E-state index in [-0.39, 0.29) is 18.0 Å². The number of esters is 1. The van der Waals surface area contributed by atoms with Crippen LogP contribution in [0.2, 0.25) is 0 Å². The molecule has 0 aliphatic rings. The molecule has 0 unspecified atom stereocenters. The summed E-state index contributed by atoms with van der Waals surface area (Å²) in [5, 5.41) is 0. The first-order valence-corrected chi connectivity index (χ1v) is 5.65. The highest BCUT2D eigenvalue weighted by Crippen LogP contribution is 2.32. The number of aryl methyl sites for hydroxylation is 1. The smallest absolute Gasteiger partial charge is 0.343 e. The van der Waals surface area contributed by atoms with Crippen LogP contribution in [-0.4, -0.2) is 19.7 Å². The number of ether oxygens (including phenoxy) is 2. The van der Waals surface area contributed by atoms with Crippen molar-refractivity contribution < 1.29 is 14.3 Å². The molecular formula is C14H20O3. The van der Waals surface area contributed by atoms with Crippen LogP contribution in [0.5, 0.6) is 5.75 Å². The summed E-state index contributed by atoms with van der Waals surface area (Å²) in [4.78, 5) is 11.1. The van der Waals surface area contributed by atoms with Crippen molar-refractivity contribution >= 4 is 5.97 Å². The Morgan fingerprint density at radius 3 is 2.47 bits per heavy atom. The van der Waals surface area contributed by atoms with E-state index in [1.807, 2.05) is 19.1 Å². The Morgan fingerprint density at radius 1 is 1.29 bits per heavy atom. The fourth-order valence-electron chi connectivity index (χ4n) is 1.55. The first kappa shape index (κ1) is 13.6. The average Bonchev–Trinajstić information content (AvgIpc) is 2.25. The lowest BCUT2D eigenvalue weighted by atomic mass is 9.85. The third kappa shape index (κ3) is 3.77. The van der Waals surface area contributed by atoms with Gasteiger partial charge in [0, 0.05) is 0 Å². The number of carbonyl (C=O) groups excluding carboxylic acids is 1. The topological polar surface area (TPSA) is 35.5 Å². The molecule has 1 rings (SSSR count). The zero-order valence-corrected chi connectivity index (χ0v) is 11.2. The van der Waals surface area contributed by atoms with Crippen LogP contribution in [0.25, 0.3) is 0 Å².